The van der Waals surface area contributed by atoms with Gasteiger partial charge in [0.1, 0.15) is 58.7 Å². The van der Waals surface area contributed by atoms with Gasteiger partial charge < -0.3 is 34.3 Å². The third-order valence-electron chi connectivity index (χ3n) is 11.1. The van der Waals surface area contributed by atoms with Gasteiger partial charge in [-0.05, 0) is 118 Å². The highest BCUT2D eigenvalue weighted by atomic mass is 32.2. The van der Waals surface area contributed by atoms with Gasteiger partial charge in [-0.1, -0.05) is 60.7 Å². The second-order valence-corrected chi connectivity index (χ2v) is 19.1. The smallest absolute Gasteiger partial charge is 0.408 e. The number of rotatable bonds is 16. The number of nitrogens with zero attached hydrogens (tertiary/aromatic N) is 6. The van der Waals surface area contributed by atoms with Crippen molar-refractivity contribution in [2.45, 2.75) is 70.0 Å². The molecule has 0 spiro atoms. The molecular weight excluding hydrogens is 945 g/mol. The predicted molar refractivity (Wildman–Crippen MR) is 265 cm³/mol. The molecule has 0 bridgehead atoms. The fourth-order valence-electron chi connectivity index (χ4n) is 7.00. The number of anilines is 1. The number of carbonyl (C=O) groups excluding carboxylic acids is 2. The lowest BCUT2D eigenvalue weighted by Gasteiger charge is -2.22. The lowest BCUT2D eigenvalue weighted by molar-refractivity contribution is 0.125. The maximum Gasteiger partial charge on any atom is 0.408 e. The molecule has 3 N–H and O–H groups in total. The SMILES string of the molecule is CC(C)(NC(=O)OCc1ccccc1)c1nc(-c2ccc(F)cc2)c(-c2ccnc(NCC3CC3)n2)o1.CS(=O)c1nccc(-c2oc(C(C)(C)NC(=O)OCc3ccccc3)nc2-c2ccc(F)cc2)n1. The van der Waals surface area contributed by atoms with Crippen molar-refractivity contribution >= 4 is 28.9 Å². The zero-order valence-corrected chi connectivity index (χ0v) is 40.8. The van der Waals surface area contributed by atoms with Gasteiger partial charge in [0.15, 0.2) is 11.5 Å². The molecule has 8 aromatic rings. The second kappa shape index (κ2) is 22.3. The monoisotopic (exact) mass is 995 g/mol. The van der Waals surface area contributed by atoms with Crippen molar-refractivity contribution in [2.24, 2.45) is 5.92 Å². The van der Waals surface area contributed by atoms with Crippen molar-refractivity contribution in [3.8, 4) is 45.4 Å². The van der Waals surface area contributed by atoms with Crippen molar-refractivity contribution < 1.29 is 40.9 Å². The van der Waals surface area contributed by atoms with E-state index in [0.29, 0.717) is 51.5 Å². The van der Waals surface area contributed by atoms with E-state index in [4.69, 9.17) is 23.3 Å². The fraction of sp³-hybridized carbons (Fsp3) is 0.245. The molecule has 0 aliphatic heterocycles. The van der Waals surface area contributed by atoms with Gasteiger partial charge in [-0.2, -0.15) is 0 Å². The molecule has 72 heavy (non-hydrogen) atoms. The lowest BCUT2D eigenvalue weighted by atomic mass is 10.1. The van der Waals surface area contributed by atoms with Crippen LogP contribution in [-0.4, -0.2) is 59.1 Å². The molecule has 1 fully saturated rings. The molecule has 4 aromatic heterocycles. The average Bonchev–Trinajstić information content (AvgIpc) is 3.90. The average molecular weight is 996 g/mol. The third-order valence-corrected chi connectivity index (χ3v) is 11.8. The summed E-state index contributed by atoms with van der Waals surface area (Å²) in [5.41, 5.74) is 2.63. The minimum atomic E-state index is -1.41. The number of hydrogen-bond acceptors (Lipinski definition) is 14. The van der Waals surface area contributed by atoms with Crippen molar-refractivity contribution in [1.29, 1.82) is 0 Å². The molecule has 19 heteroatoms. The van der Waals surface area contributed by atoms with Gasteiger partial charge in [0.25, 0.3) is 0 Å². The Bertz CT molecular complexity index is 3150. The minimum absolute atomic E-state index is 0.109. The Morgan fingerprint density at radius 2 is 1.07 bits per heavy atom. The number of carbonyl (C=O) groups is 2. The Morgan fingerprint density at radius 3 is 1.51 bits per heavy atom. The summed E-state index contributed by atoms with van der Waals surface area (Å²) in [4.78, 5) is 51.7. The molecule has 370 valence electrons. The van der Waals surface area contributed by atoms with Crippen molar-refractivity contribution in [3.05, 3.63) is 168 Å². The fourth-order valence-corrected chi connectivity index (χ4v) is 7.43. The predicted octanol–water partition coefficient (Wildman–Crippen LogP) is 10.8. The highest BCUT2D eigenvalue weighted by Gasteiger charge is 2.34. The van der Waals surface area contributed by atoms with Crippen molar-refractivity contribution in [1.82, 2.24) is 40.5 Å². The van der Waals surface area contributed by atoms with Crippen LogP contribution in [0.25, 0.3) is 45.4 Å². The molecule has 16 nitrogen and oxygen atoms in total. The summed E-state index contributed by atoms with van der Waals surface area (Å²) >= 11 is 0. The quantitative estimate of drug-likeness (QED) is 0.0770. The van der Waals surface area contributed by atoms with Crippen LogP contribution < -0.4 is 16.0 Å². The molecule has 4 aromatic carbocycles. The van der Waals surface area contributed by atoms with Crippen LogP contribution >= 0.6 is 0 Å². The normalized spacial score (nSPS) is 12.8. The summed E-state index contributed by atoms with van der Waals surface area (Å²) in [6.45, 7) is 8.03. The molecule has 0 radical (unpaired) electrons. The molecule has 1 aliphatic carbocycles. The van der Waals surface area contributed by atoms with Crippen LogP contribution in [0.4, 0.5) is 24.3 Å². The summed E-state index contributed by atoms with van der Waals surface area (Å²) in [5, 5.41) is 8.99. The number of benzene rings is 4. The van der Waals surface area contributed by atoms with Crippen LogP contribution in [0.5, 0.6) is 0 Å². The third kappa shape index (κ3) is 13.2. The number of aromatic nitrogens is 6. The number of ether oxygens (including phenoxy) is 2. The molecule has 9 rings (SSSR count). The van der Waals surface area contributed by atoms with Crippen molar-refractivity contribution in [3.63, 3.8) is 0 Å². The number of alkyl carbamates (subject to hydrolysis) is 2. The first-order chi connectivity index (χ1) is 34.6. The van der Waals surface area contributed by atoms with Gasteiger partial charge >= 0.3 is 12.2 Å². The van der Waals surface area contributed by atoms with Gasteiger partial charge in [0, 0.05) is 36.3 Å². The topological polar surface area (TPSA) is 209 Å². The minimum Gasteiger partial charge on any atom is -0.445 e. The number of amides is 2. The van der Waals surface area contributed by atoms with Crippen LogP contribution in [0.2, 0.25) is 0 Å². The first-order valence-corrected chi connectivity index (χ1v) is 24.4. The Balaban J connectivity index is 0.000000193. The van der Waals surface area contributed by atoms with Gasteiger partial charge in [-0.3, -0.25) is 4.21 Å². The largest absolute Gasteiger partial charge is 0.445 e. The summed E-state index contributed by atoms with van der Waals surface area (Å²) in [6.07, 6.45) is 5.77. The van der Waals surface area contributed by atoms with E-state index >= 15 is 0 Å². The molecule has 1 saturated carbocycles. The van der Waals surface area contributed by atoms with Gasteiger partial charge in [0.2, 0.25) is 22.9 Å². The van der Waals surface area contributed by atoms with E-state index in [9.17, 15) is 22.6 Å². The Morgan fingerprint density at radius 1 is 0.625 bits per heavy atom. The van der Waals surface area contributed by atoms with E-state index in [0.717, 1.165) is 17.7 Å². The lowest BCUT2D eigenvalue weighted by Crippen LogP contribution is -2.41. The molecular formula is C53H51F2N9O7S. The van der Waals surface area contributed by atoms with Crippen LogP contribution in [0, 0.1) is 17.6 Å². The summed E-state index contributed by atoms with van der Waals surface area (Å²) < 4.78 is 62.1. The Kier molecular flexibility index (Phi) is 15.5. The first kappa shape index (κ1) is 50.2. The number of nitrogens with one attached hydrogen (secondary N) is 3. The Labute approximate surface area is 416 Å². The summed E-state index contributed by atoms with van der Waals surface area (Å²) in [6, 6.07) is 33.8. The number of hydrogen-bond donors (Lipinski definition) is 3. The second-order valence-electron chi connectivity index (χ2n) is 17.8. The van der Waals surface area contributed by atoms with Crippen LogP contribution in [-0.2, 0) is 44.6 Å². The van der Waals surface area contributed by atoms with Crippen LogP contribution in [0.1, 0.15) is 63.4 Å². The maximum absolute atomic E-state index is 13.6. The van der Waals surface area contributed by atoms with Gasteiger partial charge in [-0.25, -0.2) is 48.3 Å². The van der Waals surface area contributed by atoms with Gasteiger partial charge in [0.05, 0.1) is 10.8 Å². The number of halogens is 2. The van der Waals surface area contributed by atoms with E-state index in [1.165, 1.54) is 49.6 Å². The van der Waals surface area contributed by atoms with Crippen LogP contribution in [0.15, 0.2) is 148 Å². The molecule has 1 unspecified atom stereocenters. The van der Waals surface area contributed by atoms with E-state index < -0.39 is 39.9 Å². The zero-order valence-electron chi connectivity index (χ0n) is 40.0. The van der Waals surface area contributed by atoms with Crippen molar-refractivity contribution in [2.75, 3.05) is 18.1 Å². The maximum atomic E-state index is 13.6. The summed E-state index contributed by atoms with van der Waals surface area (Å²) in [5.74, 6) is 1.51. The zero-order chi connectivity index (χ0) is 50.8. The molecule has 1 atom stereocenters. The molecule has 1 aliphatic rings. The van der Waals surface area contributed by atoms with Gasteiger partial charge in [-0.15, -0.1) is 0 Å². The Hall–Kier alpha value is -8.19. The van der Waals surface area contributed by atoms with E-state index in [1.807, 2.05) is 60.7 Å². The molecule has 0 saturated heterocycles. The van der Waals surface area contributed by atoms with E-state index in [1.54, 1.807) is 70.3 Å². The van der Waals surface area contributed by atoms with Crippen LogP contribution in [0.3, 0.4) is 0 Å². The molecule has 4 heterocycles. The molecule has 2 amide bonds. The van der Waals surface area contributed by atoms with E-state index in [-0.39, 0.29) is 41.7 Å². The first-order valence-electron chi connectivity index (χ1n) is 22.9. The highest BCUT2D eigenvalue weighted by molar-refractivity contribution is 7.84. The summed E-state index contributed by atoms with van der Waals surface area (Å²) in [7, 11) is -1.41. The highest BCUT2D eigenvalue weighted by Crippen LogP contribution is 2.37. The van der Waals surface area contributed by atoms with E-state index in [2.05, 4.69) is 40.9 Å². The number of oxazole rings is 2. The standard InChI is InChI=1S/C28H28FN5O3.C25H23FN4O4S/c1-28(2,34-27(35)36-17-19-6-4-3-5-7-19)25-33-23(20-10-12-21(29)13-11-20)24(37-25)22-14-15-30-26(32-22)31-16-18-8-9-18;1-25(2,30-24(31)33-15-16-7-5-4-6-8-16)22-29-20(17-9-11-18(26)12-10-17)21(34-22)19-13-14-27-23(28-19)35(3)32/h3-7,10-15,18H,8-9,16-17H2,1-2H3,(H,34,35)(H,30,31,32);4-14H,15H2,1-3H3,(H,30,31).